The largest absolute Gasteiger partial charge is 0.369 e. The second-order valence-electron chi connectivity index (χ2n) is 6.96. The summed E-state index contributed by atoms with van der Waals surface area (Å²) in [7, 11) is 0. The van der Waals surface area contributed by atoms with Crippen molar-refractivity contribution >= 4 is 11.7 Å². The third kappa shape index (κ3) is 4.04. The lowest BCUT2D eigenvalue weighted by Crippen LogP contribution is -2.43. The maximum absolute atomic E-state index is 12.1. The highest BCUT2D eigenvalue weighted by Crippen LogP contribution is 2.42. The van der Waals surface area contributed by atoms with Gasteiger partial charge >= 0.3 is 0 Å². The van der Waals surface area contributed by atoms with E-state index in [1.165, 1.54) is 12.8 Å². The molecule has 1 N–H and O–H groups in total. The van der Waals surface area contributed by atoms with Crippen LogP contribution in [-0.2, 0) is 9.53 Å². The molecule has 0 bridgehead atoms. The predicted molar refractivity (Wildman–Crippen MR) is 90.4 cm³/mol. The number of hydrogen-bond acceptors (Lipinski definition) is 5. The summed E-state index contributed by atoms with van der Waals surface area (Å²) < 4.78 is 5.39. The zero-order valence-corrected chi connectivity index (χ0v) is 14.2. The summed E-state index contributed by atoms with van der Waals surface area (Å²) in [6.07, 6.45) is 4.14. The number of pyridine rings is 1. The Morgan fingerprint density at radius 3 is 2.83 bits per heavy atom. The Bertz CT molecular complexity index is 619. The Hall–Kier alpha value is -2.13. The molecule has 0 aromatic carbocycles. The second-order valence-corrected chi connectivity index (χ2v) is 6.96. The molecular weight excluding hydrogens is 304 g/mol. The van der Waals surface area contributed by atoms with Crippen molar-refractivity contribution in [2.24, 2.45) is 11.8 Å². The van der Waals surface area contributed by atoms with Gasteiger partial charge in [0.25, 0.3) is 0 Å². The summed E-state index contributed by atoms with van der Waals surface area (Å²) in [5, 5.41) is 12.0. The third-order valence-corrected chi connectivity index (χ3v) is 4.69. The van der Waals surface area contributed by atoms with Crippen LogP contribution < -0.4 is 10.2 Å². The number of hydrogen-bond donors (Lipinski definition) is 1. The van der Waals surface area contributed by atoms with Crippen LogP contribution in [0.4, 0.5) is 5.82 Å². The quantitative estimate of drug-likeness (QED) is 0.860. The molecule has 1 saturated heterocycles. The van der Waals surface area contributed by atoms with Crippen molar-refractivity contribution < 1.29 is 9.53 Å². The monoisotopic (exact) mass is 328 g/mol. The zero-order valence-electron chi connectivity index (χ0n) is 14.2. The first-order valence-electron chi connectivity index (χ1n) is 8.59. The van der Waals surface area contributed by atoms with E-state index in [-0.39, 0.29) is 24.7 Å². The Morgan fingerprint density at radius 1 is 1.46 bits per heavy atom. The topological polar surface area (TPSA) is 78.2 Å². The smallest absolute Gasteiger partial charge is 0.246 e. The number of nitriles is 1. The van der Waals surface area contributed by atoms with Crippen LogP contribution >= 0.6 is 0 Å². The molecule has 6 heteroatoms. The Labute approximate surface area is 142 Å². The van der Waals surface area contributed by atoms with Crippen LogP contribution in [0.3, 0.4) is 0 Å². The molecule has 128 valence electrons. The molecule has 0 radical (unpaired) electrons. The average Bonchev–Trinajstić information content (AvgIpc) is 3.34. The second kappa shape index (κ2) is 7.18. The molecule has 1 saturated carbocycles. The van der Waals surface area contributed by atoms with Crippen molar-refractivity contribution in [2.45, 2.75) is 38.8 Å². The number of anilines is 1. The number of nitrogens with zero attached hydrogens (tertiary/aromatic N) is 3. The van der Waals surface area contributed by atoms with Crippen molar-refractivity contribution in [1.82, 2.24) is 10.3 Å². The molecule has 0 unspecified atom stereocenters. The fourth-order valence-corrected chi connectivity index (χ4v) is 3.30. The van der Waals surface area contributed by atoms with Gasteiger partial charge in [0.15, 0.2) is 0 Å². The van der Waals surface area contributed by atoms with Crippen LogP contribution in [0.1, 0.15) is 32.3 Å². The minimum atomic E-state index is -0.0472. The van der Waals surface area contributed by atoms with E-state index in [1.54, 1.807) is 12.3 Å². The van der Waals surface area contributed by atoms with Crippen molar-refractivity contribution in [3.63, 3.8) is 0 Å². The standard InChI is InChI=1S/C18H24N4O2/c1-12(2)24-11-18(23)21-16-10-22(9-15(16)14-4-5-14)17-6-3-13(7-19)8-20-17/h3,6,8,12,14-16H,4-5,9-11H2,1-2H3,(H,21,23)/t15-,16+/m0/s1. The summed E-state index contributed by atoms with van der Waals surface area (Å²) in [6, 6.07) is 5.90. The predicted octanol–water partition coefficient (Wildman–Crippen LogP) is 1.71. The first-order chi connectivity index (χ1) is 11.6. The maximum Gasteiger partial charge on any atom is 0.246 e. The molecule has 2 heterocycles. The number of amides is 1. The molecule has 3 rings (SSSR count). The number of carbonyl (C=O) groups excluding carboxylic acids is 1. The van der Waals surface area contributed by atoms with Gasteiger partial charge in [-0.2, -0.15) is 5.26 Å². The fourth-order valence-electron chi connectivity index (χ4n) is 3.30. The van der Waals surface area contributed by atoms with E-state index in [2.05, 4.69) is 21.3 Å². The van der Waals surface area contributed by atoms with E-state index >= 15 is 0 Å². The van der Waals surface area contributed by atoms with Gasteiger partial charge in [0, 0.05) is 25.2 Å². The Balaban J connectivity index is 1.63. The van der Waals surface area contributed by atoms with E-state index in [1.807, 2.05) is 19.9 Å². The summed E-state index contributed by atoms with van der Waals surface area (Å²) in [5.41, 5.74) is 0.562. The minimum absolute atomic E-state index is 0.0472. The highest BCUT2D eigenvalue weighted by atomic mass is 16.5. The van der Waals surface area contributed by atoms with Gasteiger partial charge in [0.05, 0.1) is 17.7 Å². The normalized spacial score (nSPS) is 23.3. The molecule has 2 fully saturated rings. The highest BCUT2D eigenvalue weighted by Gasteiger charge is 2.43. The lowest BCUT2D eigenvalue weighted by Gasteiger charge is -2.19. The van der Waals surface area contributed by atoms with Gasteiger partial charge in [-0.25, -0.2) is 4.98 Å². The maximum atomic E-state index is 12.1. The van der Waals surface area contributed by atoms with Gasteiger partial charge in [0.2, 0.25) is 5.91 Å². The van der Waals surface area contributed by atoms with Crippen molar-refractivity contribution in [2.75, 3.05) is 24.6 Å². The van der Waals surface area contributed by atoms with Gasteiger partial charge in [-0.1, -0.05) is 0 Å². The van der Waals surface area contributed by atoms with Gasteiger partial charge in [-0.15, -0.1) is 0 Å². The van der Waals surface area contributed by atoms with E-state index in [9.17, 15) is 4.79 Å². The summed E-state index contributed by atoms with van der Waals surface area (Å²) in [6.45, 7) is 5.62. The number of ether oxygens (including phenoxy) is 1. The first-order valence-corrected chi connectivity index (χ1v) is 8.59. The Kier molecular flexibility index (Phi) is 5.00. The molecule has 1 amide bonds. The van der Waals surface area contributed by atoms with Crippen LogP contribution in [0, 0.1) is 23.2 Å². The number of carbonyl (C=O) groups is 1. The first kappa shape index (κ1) is 16.7. The number of aromatic nitrogens is 1. The molecular formula is C18H24N4O2. The number of rotatable bonds is 6. The zero-order chi connectivity index (χ0) is 17.1. The third-order valence-electron chi connectivity index (χ3n) is 4.69. The molecule has 1 aliphatic carbocycles. The molecule has 1 aromatic heterocycles. The molecule has 24 heavy (non-hydrogen) atoms. The SMILES string of the molecule is CC(C)OCC(=O)N[C@@H]1CN(c2ccc(C#N)cn2)C[C@H]1C1CC1. The molecule has 2 aliphatic rings. The van der Waals surface area contributed by atoms with Crippen LogP contribution in [0.2, 0.25) is 0 Å². The highest BCUT2D eigenvalue weighted by molar-refractivity contribution is 5.77. The van der Waals surface area contributed by atoms with Crippen molar-refractivity contribution in [1.29, 1.82) is 5.26 Å². The van der Waals surface area contributed by atoms with E-state index in [0.29, 0.717) is 17.4 Å². The molecule has 1 aromatic rings. The minimum Gasteiger partial charge on any atom is -0.369 e. The van der Waals surface area contributed by atoms with Gasteiger partial charge in [-0.3, -0.25) is 4.79 Å². The molecule has 6 nitrogen and oxygen atoms in total. The molecule has 2 atom stereocenters. The molecule has 0 spiro atoms. The van der Waals surface area contributed by atoms with Gasteiger partial charge < -0.3 is 15.0 Å². The van der Waals surface area contributed by atoms with Crippen LogP contribution in [0.15, 0.2) is 18.3 Å². The van der Waals surface area contributed by atoms with E-state index < -0.39 is 0 Å². The molecule has 1 aliphatic heterocycles. The van der Waals surface area contributed by atoms with E-state index in [0.717, 1.165) is 18.9 Å². The average molecular weight is 328 g/mol. The lowest BCUT2D eigenvalue weighted by atomic mass is 9.98. The summed E-state index contributed by atoms with van der Waals surface area (Å²) in [4.78, 5) is 18.7. The fraction of sp³-hybridized carbons (Fsp3) is 0.611. The van der Waals surface area contributed by atoms with Gasteiger partial charge in [0.1, 0.15) is 18.5 Å². The van der Waals surface area contributed by atoms with E-state index in [4.69, 9.17) is 10.00 Å². The Morgan fingerprint density at radius 2 is 2.25 bits per heavy atom. The van der Waals surface area contributed by atoms with Gasteiger partial charge in [-0.05, 0) is 44.7 Å². The lowest BCUT2D eigenvalue weighted by molar-refractivity contribution is -0.128. The summed E-state index contributed by atoms with van der Waals surface area (Å²) in [5.74, 6) is 1.99. The van der Waals surface area contributed by atoms with Crippen molar-refractivity contribution in [3.8, 4) is 6.07 Å². The van der Waals surface area contributed by atoms with Crippen molar-refractivity contribution in [3.05, 3.63) is 23.9 Å². The summed E-state index contributed by atoms with van der Waals surface area (Å²) >= 11 is 0. The number of nitrogens with one attached hydrogen (secondary N) is 1. The van der Waals surface area contributed by atoms with Crippen LogP contribution in [0.5, 0.6) is 0 Å². The van der Waals surface area contributed by atoms with Crippen LogP contribution in [-0.4, -0.2) is 42.7 Å². The van der Waals surface area contributed by atoms with Crippen LogP contribution in [0.25, 0.3) is 0 Å².